The first-order valence-corrected chi connectivity index (χ1v) is 6.12. The van der Waals surface area contributed by atoms with Gasteiger partial charge in [0.1, 0.15) is 0 Å². The summed E-state index contributed by atoms with van der Waals surface area (Å²) in [4.78, 5) is 4.40. The highest BCUT2D eigenvalue weighted by molar-refractivity contribution is 5.72. The van der Waals surface area contributed by atoms with E-state index in [2.05, 4.69) is 37.9 Å². The van der Waals surface area contributed by atoms with Crippen molar-refractivity contribution in [3.63, 3.8) is 0 Å². The molecule has 17 heavy (non-hydrogen) atoms. The van der Waals surface area contributed by atoms with E-state index in [1.54, 1.807) is 6.40 Å². The van der Waals surface area contributed by atoms with E-state index in [4.69, 9.17) is 4.74 Å². The van der Waals surface area contributed by atoms with Crippen LogP contribution in [0.2, 0.25) is 0 Å². The number of rotatable bonds is 6. The normalized spacial score (nSPS) is 10.5. The Bertz CT molecular complexity index is 375. The average molecular weight is 231 g/mol. The van der Waals surface area contributed by atoms with Gasteiger partial charge < -0.3 is 4.74 Å². The molecule has 1 aromatic rings. The lowest BCUT2D eigenvalue weighted by Gasteiger charge is -2.04. The maximum Gasteiger partial charge on any atom is 0.174 e. The fourth-order valence-corrected chi connectivity index (χ4v) is 1.46. The summed E-state index contributed by atoms with van der Waals surface area (Å²) in [6.07, 6.45) is 3.77. The molecule has 1 aromatic carbocycles. The van der Waals surface area contributed by atoms with Gasteiger partial charge in [0, 0.05) is 5.56 Å². The molecule has 0 atom stereocenters. The van der Waals surface area contributed by atoms with Gasteiger partial charge in [0.15, 0.2) is 6.40 Å². The summed E-state index contributed by atoms with van der Waals surface area (Å²) in [5.41, 5.74) is 3.30. The quantitative estimate of drug-likeness (QED) is 0.407. The highest BCUT2D eigenvalue weighted by atomic mass is 16.5. The smallest absolute Gasteiger partial charge is 0.174 e. The summed E-state index contributed by atoms with van der Waals surface area (Å²) in [7, 11) is 0. The number of aliphatic imine (C=N–C) groups is 1. The van der Waals surface area contributed by atoms with Crippen LogP contribution < -0.4 is 0 Å². The molecule has 0 N–H and O–H groups in total. The zero-order valence-corrected chi connectivity index (χ0v) is 10.9. The topological polar surface area (TPSA) is 21.6 Å². The molecule has 0 fully saturated rings. The fraction of sp³-hybridized carbons (Fsp3) is 0.400. The van der Waals surface area contributed by atoms with Gasteiger partial charge >= 0.3 is 0 Å². The standard InChI is InChI=1S/C15H21NO/c1-4-5-11-17-12-16-15(13(2)3)14-9-7-6-8-10-14/h6-10,12H,4-5,11H2,1-3H3. The third-order valence-corrected chi connectivity index (χ3v) is 2.39. The zero-order chi connectivity index (χ0) is 12.5. The first kappa shape index (κ1) is 13.5. The number of ether oxygens (including phenoxy) is 1. The minimum Gasteiger partial charge on any atom is -0.483 e. The Morgan fingerprint density at radius 2 is 1.94 bits per heavy atom. The van der Waals surface area contributed by atoms with Crippen molar-refractivity contribution in [1.82, 2.24) is 0 Å². The van der Waals surface area contributed by atoms with Crippen LogP contribution in [0.4, 0.5) is 0 Å². The molecule has 0 aliphatic rings. The molecule has 92 valence electrons. The Hall–Kier alpha value is -1.57. The number of nitrogens with zero attached hydrogens (tertiary/aromatic N) is 1. The van der Waals surface area contributed by atoms with E-state index in [0.717, 1.165) is 30.7 Å². The minimum atomic E-state index is 0.741. The molecule has 0 aliphatic heterocycles. The molecule has 0 aromatic heterocycles. The van der Waals surface area contributed by atoms with Crippen molar-refractivity contribution in [2.24, 2.45) is 4.99 Å². The summed E-state index contributed by atoms with van der Waals surface area (Å²) < 4.78 is 5.35. The molecule has 0 heterocycles. The third kappa shape index (κ3) is 4.85. The Morgan fingerprint density at radius 3 is 2.53 bits per heavy atom. The fourth-order valence-electron chi connectivity index (χ4n) is 1.46. The van der Waals surface area contributed by atoms with Gasteiger partial charge in [-0.25, -0.2) is 4.99 Å². The summed E-state index contributed by atoms with van der Waals surface area (Å²) in [5.74, 6) is 0. The van der Waals surface area contributed by atoms with Gasteiger partial charge in [0.25, 0.3) is 0 Å². The molecule has 0 unspecified atom stereocenters. The summed E-state index contributed by atoms with van der Waals surface area (Å²) in [5, 5.41) is 0. The number of benzene rings is 1. The predicted octanol–water partition coefficient (Wildman–Crippen LogP) is 4.28. The number of unbranched alkanes of at least 4 members (excludes halogenated alkanes) is 1. The van der Waals surface area contributed by atoms with Crippen LogP contribution in [0.5, 0.6) is 0 Å². The van der Waals surface area contributed by atoms with E-state index in [1.807, 2.05) is 18.2 Å². The molecule has 0 amide bonds. The number of allylic oxidation sites excluding steroid dienone is 1. The van der Waals surface area contributed by atoms with Gasteiger partial charge in [0.05, 0.1) is 12.3 Å². The van der Waals surface area contributed by atoms with Crippen LogP contribution in [-0.2, 0) is 4.74 Å². The van der Waals surface area contributed by atoms with E-state index in [-0.39, 0.29) is 0 Å². The van der Waals surface area contributed by atoms with Gasteiger partial charge in [-0.3, -0.25) is 0 Å². The lowest BCUT2D eigenvalue weighted by molar-refractivity contribution is 0.311. The van der Waals surface area contributed by atoms with Crippen LogP contribution in [0, 0.1) is 0 Å². The SMILES string of the molecule is CCCCOC=NC(=C(C)C)c1ccccc1. The average Bonchev–Trinajstić information content (AvgIpc) is 2.34. The molecule has 1 rings (SSSR count). The van der Waals surface area contributed by atoms with Gasteiger partial charge in [0.2, 0.25) is 0 Å². The monoisotopic (exact) mass is 231 g/mol. The molecule has 0 radical (unpaired) electrons. The molecular formula is C15H21NO. The van der Waals surface area contributed by atoms with Gasteiger partial charge in [-0.15, -0.1) is 0 Å². The van der Waals surface area contributed by atoms with E-state index in [0.29, 0.717) is 0 Å². The van der Waals surface area contributed by atoms with Crippen LogP contribution in [-0.4, -0.2) is 13.0 Å². The van der Waals surface area contributed by atoms with Crippen LogP contribution in [0.15, 0.2) is 40.9 Å². The summed E-state index contributed by atoms with van der Waals surface area (Å²) in [6, 6.07) is 10.2. The van der Waals surface area contributed by atoms with Crippen LogP contribution in [0.3, 0.4) is 0 Å². The summed E-state index contributed by atoms with van der Waals surface area (Å²) >= 11 is 0. The molecule has 2 heteroatoms. The lowest BCUT2D eigenvalue weighted by Crippen LogP contribution is -1.92. The molecule has 0 saturated carbocycles. The third-order valence-electron chi connectivity index (χ3n) is 2.39. The van der Waals surface area contributed by atoms with Crippen molar-refractivity contribution in [2.45, 2.75) is 33.6 Å². The second kappa shape index (κ2) is 7.66. The van der Waals surface area contributed by atoms with Gasteiger partial charge in [-0.05, 0) is 25.8 Å². The Kier molecular flexibility index (Phi) is 6.08. The number of hydrogen-bond acceptors (Lipinski definition) is 2. The highest BCUT2D eigenvalue weighted by Gasteiger charge is 2.00. The maximum atomic E-state index is 5.35. The molecule has 0 spiro atoms. The first-order valence-electron chi connectivity index (χ1n) is 6.12. The zero-order valence-electron chi connectivity index (χ0n) is 10.9. The Balaban J connectivity index is 2.67. The van der Waals surface area contributed by atoms with Crippen molar-refractivity contribution in [1.29, 1.82) is 0 Å². The molecule has 0 aliphatic carbocycles. The van der Waals surface area contributed by atoms with E-state index in [9.17, 15) is 0 Å². The number of hydrogen-bond donors (Lipinski definition) is 0. The molecule has 0 saturated heterocycles. The highest BCUT2D eigenvalue weighted by Crippen LogP contribution is 2.19. The van der Waals surface area contributed by atoms with Crippen molar-refractivity contribution in [3.05, 3.63) is 41.5 Å². The van der Waals surface area contributed by atoms with Crippen LogP contribution in [0.25, 0.3) is 5.70 Å². The summed E-state index contributed by atoms with van der Waals surface area (Å²) in [6.45, 7) is 7.01. The van der Waals surface area contributed by atoms with Crippen molar-refractivity contribution < 1.29 is 4.74 Å². The van der Waals surface area contributed by atoms with Crippen molar-refractivity contribution in [2.75, 3.05) is 6.61 Å². The Labute approximate surface area is 104 Å². The van der Waals surface area contributed by atoms with E-state index in [1.165, 1.54) is 5.57 Å². The van der Waals surface area contributed by atoms with Crippen molar-refractivity contribution in [3.8, 4) is 0 Å². The van der Waals surface area contributed by atoms with Crippen LogP contribution in [0.1, 0.15) is 39.2 Å². The molecule has 0 bridgehead atoms. The van der Waals surface area contributed by atoms with Gasteiger partial charge in [-0.1, -0.05) is 43.7 Å². The maximum absolute atomic E-state index is 5.35. The predicted molar refractivity (Wildman–Crippen MR) is 74.1 cm³/mol. The molecule has 2 nitrogen and oxygen atoms in total. The second-order valence-corrected chi connectivity index (χ2v) is 4.17. The largest absolute Gasteiger partial charge is 0.483 e. The van der Waals surface area contributed by atoms with Crippen molar-refractivity contribution >= 4 is 12.1 Å². The van der Waals surface area contributed by atoms with E-state index >= 15 is 0 Å². The second-order valence-electron chi connectivity index (χ2n) is 4.17. The van der Waals surface area contributed by atoms with Crippen LogP contribution >= 0.6 is 0 Å². The minimum absolute atomic E-state index is 0.741. The first-order chi connectivity index (χ1) is 8.25. The lowest BCUT2D eigenvalue weighted by atomic mass is 10.1. The molecular weight excluding hydrogens is 210 g/mol. The van der Waals surface area contributed by atoms with E-state index < -0.39 is 0 Å². The Morgan fingerprint density at radius 1 is 1.24 bits per heavy atom. The van der Waals surface area contributed by atoms with Gasteiger partial charge in [-0.2, -0.15) is 0 Å².